The fourth-order valence-electron chi connectivity index (χ4n) is 1.64. The second kappa shape index (κ2) is 5.42. The largest absolute Gasteiger partial charge is 0.399 e. The fraction of sp³-hybridized carbons (Fsp3) is 0.0714. The van der Waals surface area contributed by atoms with Gasteiger partial charge in [0.2, 0.25) is 0 Å². The van der Waals surface area contributed by atoms with Crippen molar-refractivity contribution in [2.45, 2.75) is 6.42 Å². The van der Waals surface area contributed by atoms with Gasteiger partial charge in [-0.2, -0.15) is 0 Å². The summed E-state index contributed by atoms with van der Waals surface area (Å²) in [5.74, 6) is -0.0627. The molecule has 0 heterocycles. The average Bonchev–Trinajstić information content (AvgIpc) is 2.35. The van der Waals surface area contributed by atoms with Crippen LogP contribution in [0.15, 0.2) is 42.5 Å². The van der Waals surface area contributed by atoms with Crippen LogP contribution in [0.2, 0.25) is 10.0 Å². The molecule has 0 spiro atoms. The number of nitrogen functional groups attached to an aromatic ring is 1. The monoisotopic (exact) mass is 279 g/mol. The summed E-state index contributed by atoms with van der Waals surface area (Å²) in [6, 6.07) is 12.2. The van der Waals surface area contributed by atoms with Gasteiger partial charge in [-0.05, 0) is 29.8 Å². The van der Waals surface area contributed by atoms with Crippen LogP contribution in [0.3, 0.4) is 0 Å². The lowest BCUT2D eigenvalue weighted by atomic mass is 10.0. The highest BCUT2D eigenvalue weighted by atomic mass is 35.5. The van der Waals surface area contributed by atoms with Crippen LogP contribution in [0, 0.1) is 0 Å². The minimum atomic E-state index is -0.0627. The van der Waals surface area contributed by atoms with Gasteiger partial charge >= 0.3 is 0 Å². The number of nitrogens with two attached hydrogens (primary N) is 1. The van der Waals surface area contributed by atoms with Crippen LogP contribution in [0.1, 0.15) is 15.9 Å². The number of hydrogen-bond donors (Lipinski definition) is 1. The molecule has 0 saturated heterocycles. The first-order valence-electron chi connectivity index (χ1n) is 5.39. The summed E-state index contributed by atoms with van der Waals surface area (Å²) in [6.07, 6.45) is 0.278. The third-order valence-electron chi connectivity index (χ3n) is 2.60. The number of rotatable bonds is 3. The summed E-state index contributed by atoms with van der Waals surface area (Å²) >= 11 is 11.9. The number of carbonyl (C=O) groups is 1. The van der Waals surface area contributed by atoms with Crippen LogP contribution in [0.5, 0.6) is 0 Å². The Kier molecular flexibility index (Phi) is 3.90. The Morgan fingerprint density at radius 2 is 1.72 bits per heavy atom. The van der Waals surface area contributed by atoms with Crippen LogP contribution >= 0.6 is 23.2 Å². The molecular weight excluding hydrogens is 269 g/mol. The van der Waals surface area contributed by atoms with Gasteiger partial charge in [-0.15, -0.1) is 0 Å². The predicted octanol–water partition coefficient (Wildman–Crippen LogP) is 4.00. The molecule has 2 N–H and O–H groups in total. The Labute approximate surface area is 115 Å². The van der Waals surface area contributed by atoms with Gasteiger partial charge in [-0.1, -0.05) is 41.4 Å². The first kappa shape index (κ1) is 12.9. The van der Waals surface area contributed by atoms with E-state index in [1.807, 2.05) is 12.1 Å². The second-order valence-corrected chi connectivity index (χ2v) is 4.73. The van der Waals surface area contributed by atoms with Crippen molar-refractivity contribution in [3.05, 3.63) is 63.6 Å². The van der Waals surface area contributed by atoms with Gasteiger partial charge in [0.15, 0.2) is 5.78 Å². The molecule has 2 rings (SSSR count). The van der Waals surface area contributed by atoms with E-state index in [1.54, 1.807) is 30.3 Å². The summed E-state index contributed by atoms with van der Waals surface area (Å²) in [7, 11) is 0. The molecule has 0 atom stereocenters. The fourth-order valence-corrected chi connectivity index (χ4v) is 2.04. The molecule has 18 heavy (non-hydrogen) atoms. The van der Waals surface area contributed by atoms with Crippen molar-refractivity contribution < 1.29 is 4.79 Å². The van der Waals surface area contributed by atoms with E-state index in [2.05, 4.69) is 0 Å². The van der Waals surface area contributed by atoms with E-state index in [4.69, 9.17) is 28.9 Å². The number of ketones is 1. The van der Waals surface area contributed by atoms with Gasteiger partial charge in [0, 0.05) is 17.7 Å². The standard InChI is InChI=1S/C14H11Cl2NO/c15-12-3-1-2-11(14(12)16)13(18)8-9-4-6-10(17)7-5-9/h1-7H,8,17H2. The molecule has 2 aromatic rings. The highest BCUT2D eigenvalue weighted by molar-refractivity contribution is 6.43. The van der Waals surface area contributed by atoms with Crippen molar-refractivity contribution in [1.29, 1.82) is 0 Å². The minimum Gasteiger partial charge on any atom is -0.399 e. The molecule has 0 aliphatic rings. The maximum absolute atomic E-state index is 12.1. The van der Waals surface area contributed by atoms with E-state index in [1.165, 1.54) is 0 Å². The molecule has 0 amide bonds. The molecule has 0 saturated carbocycles. The van der Waals surface area contributed by atoms with E-state index in [9.17, 15) is 4.79 Å². The second-order valence-electron chi connectivity index (χ2n) is 3.94. The molecule has 0 fully saturated rings. The highest BCUT2D eigenvalue weighted by Gasteiger charge is 2.12. The number of hydrogen-bond acceptors (Lipinski definition) is 2. The highest BCUT2D eigenvalue weighted by Crippen LogP contribution is 2.26. The maximum atomic E-state index is 12.1. The summed E-state index contributed by atoms with van der Waals surface area (Å²) in [6.45, 7) is 0. The van der Waals surface area contributed by atoms with Crippen molar-refractivity contribution in [2.24, 2.45) is 0 Å². The lowest BCUT2D eigenvalue weighted by Crippen LogP contribution is -2.04. The van der Waals surface area contributed by atoms with Crippen molar-refractivity contribution in [2.75, 3.05) is 5.73 Å². The van der Waals surface area contributed by atoms with Crippen LogP contribution in [0.25, 0.3) is 0 Å². The van der Waals surface area contributed by atoms with E-state index in [0.717, 1.165) is 5.56 Å². The molecule has 4 heteroatoms. The normalized spacial score (nSPS) is 10.3. The average molecular weight is 280 g/mol. The summed E-state index contributed by atoms with van der Waals surface area (Å²) in [5, 5.41) is 0.694. The molecule has 0 unspecified atom stereocenters. The van der Waals surface area contributed by atoms with E-state index in [-0.39, 0.29) is 12.2 Å². The third kappa shape index (κ3) is 2.84. The maximum Gasteiger partial charge on any atom is 0.168 e. The predicted molar refractivity (Wildman–Crippen MR) is 75.4 cm³/mol. The Balaban J connectivity index is 2.22. The molecule has 0 aliphatic heterocycles. The van der Waals surface area contributed by atoms with E-state index < -0.39 is 0 Å². The summed E-state index contributed by atoms with van der Waals surface area (Å²) < 4.78 is 0. The van der Waals surface area contributed by atoms with Gasteiger partial charge in [-0.25, -0.2) is 0 Å². The lowest BCUT2D eigenvalue weighted by Gasteiger charge is -2.05. The van der Waals surface area contributed by atoms with Crippen molar-refractivity contribution >= 4 is 34.7 Å². The number of benzene rings is 2. The number of Topliss-reactive ketones (excluding diaryl/α,β-unsaturated/α-hetero) is 1. The van der Waals surface area contributed by atoms with Crippen LogP contribution in [-0.2, 0) is 6.42 Å². The van der Waals surface area contributed by atoms with Gasteiger partial charge in [-0.3, -0.25) is 4.79 Å². The smallest absolute Gasteiger partial charge is 0.168 e. The van der Waals surface area contributed by atoms with Crippen LogP contribution in [0.4, 0.5) is 5.69 Å². The Bertz CT molecular complexity index is 579. The Morgan fingerprint density at radius 1 is 1.06 bits per heavy atom. The van der Waals surface area contributed by atoms with Crippen molar-refractivity contribution in [3.8, 4) is 0 Å². The van der Waals surface area contributed by atoms with Gasteiger partial charge in [0.1, 0.15) is 0 Å². The van der Waals surface area contributed by atoms with Crippen molar-refractivity contribution in [1.82, 2.24) is 0 Å². The zero-order valence-corrected chi connectivity index (χ0v) is 11.0. The van der Waals surface area contributed by atoms with Crippen LogP contribution < -0.4 is 5.73 Å². The zero-order chi connectivity index (χ0) is 13.1. The molecule has 2 aromatic carbocycles. The zero-order valence-electron chi connectivity index (χ0n) is 9.49. The lowest BCUT2D eigenvalue weighted by molar-refractivity contribution is 0.0993. The van der Waals surface area contributed by atoms with E-state index in [0.29, 0.717) is 21.3 Å². The van der Waals surface area contributed by atoms with E-state index >= 15 is 0 Å². The SMILES string of the molecule is Nc1ccc(CC(=O)c2cccc(Cl)c2Cl)cc1. The molecule has 0 aromatic heterocycles. The topological polar surface area (TPSA) is 43.1 Å². The van der Waals surface area contributed by atoms with Crippen LogP contribution in [-0.4, -0.2) is 5.78 Å². The van der Waals surface area contributed by atoms with Gasteiger partial charge < -0.3 is 5.73 Å². The summed E-state index contributed by atoms with van der Waals surface area (Å²) in [5.41, 5.74) is 7.60. The molecular formula is C14H11Cl2NO. The molecule has 92 valence electrons. The minimum absolute atomic E-state index is 0.0627. The molecule has 2 nitrogen and oxygen atoms in total. The first-order valence-corrected chi connectivity index (χ1v) is 6.15. The number of halogens is 2. The summed E-state index contributed by atoms with van der Waals surface area (Å²) in [4.78, 5) is 12.1. The van der Waals surface area contributed by atoms with Gasteiger partial charge in [0.05, 0.1) is 10.0 Å². The molecule has 0 aliphatic carbocycles. The number of anilines is 1. The quantitative estimate of drug-likeness (QED) is 0.682. The number of carbonyl (C=O) groups excluding carboxylic acids is 1. The Morgan fingerprint density at radius 3 is 2.39 bits per heavy atom. The molecule has 0 bridgehead atoms. The Hall–Kier alpha value is -1.51. The molecule has 0 radical (unpaired) electrons. The third-order valence-corrected chi connectivity index (χ3v) is 3.42. The first-order chi connectivity index (χ1) is 8.58. The van der Waals surface area contributed by atoms with Crippen molar-refractivity contribution in [3.63, 3.8) is 0 Å². The van der Waals surface area contributed by atoms with Gasteiger partial charge in [0.25, 0.3) is 0 Å².